The first kappa shape index (κ1) is 17.0. The summed E-state index contributed by atoms with van der Waals surface area (Å²) in [7, 11) is 0. The SMILES string of the molecule is O=C(NCCC[C@@H]1CCCCO1)N[C@@H]1COc2cc(F)cc(F)c21. The first-order valence-corrected chi connectivity index (χ1v) is 8.41. The molecule has 0 bridgehead atoms. The minimum atomic E-state index is -0.706. The van der Waals surface area contributed by atoms with Crippen LogP contribution < -0.4 is 15.4 Å². The van der Waals surface area contributed by atoms with Crippen molar-refractivity contribution >= 4 is 6.03 Å². The largest absolute Gasteiger partial charge is 0.490 e. The highest BCUT2D eigenvalue weighted by Gasteiger charge is 2.29. The fraction of sp³-hybridized carbons (Fsp3) is 0.588. The third kappa shape index (κ3) is 4.14. The predicted molar refractivity (Wildman–Crippen MR) is 84.0 cm³/mol. The quantitative estimate of drug-likeness (QED) is 0.810. The monoisotopic (exact) mass is 340 g/mol. The van der Waals surface area contributed by atoms with E-state index in [1.807, 2.05) is 0 Å². The molecule has 132 valence electrons. The number of nitrogens with one attached hydrogen (secondary N) is 2. The van der Waals surface area contributed by atoms with Gasteiger partial charge in [-0.1, -0.05) is 0 Å². The van der Waals surface area contributed by atoms with Crippen molar-refractivity contribution in [3.63, 3.8) is 0 Å². The molecule has 7 heteroatoms. The van der Waals surface area contributed by atoms with E-state index < -0.39 is 17.7 Å². The minimum Gasteiger partial charge on any atom is -0.490 e. The molecule has 0 saturated carbocycles. The normalized spacial score (nSPS) is 22.6. The van der Waals surface area contributed by atoms with Crippen molar-refractivity contribution in [3.8, 4) is 5.75 Å². The zero-order chi connectivity index (χ0) is 16.9. The van der Waals surface area contributed by atoms with E-state index in [0.29, 0.717) is 12.6 Å². The summed E-state index contributed by atoms with van der Waals surface area (Å²) in [5.74, 6) is -1.25. The van der Waals surface area contributed by atoms with Gasteiger partial charge in [-0.25, -0.2) is 13.6 Å². The molecule has 2 amide bonds. The van der Waals surface area contributed by atoms with Crippen LogP contribution in [0, 0.1) is 11.6 Å². The zero-order valence-corrected chi connectivity index (χ0v) is 13.4. The number of carbonyl (C=O) groups is 1. The van der Waals surface area contributed by atoms with Crippen molar-refractivity contribution in [2.45, 2.75) is 44.2 Å². The van der Waals surface area contributed by atoms with E-state index in [0.717, 1.165) is 44.4 Å². The lowest BCUT2D eigenvalue weighted by Crippen LogP contribution is -2.39. The summed E-state index contributed by atoms with van der Waals surface area (Å²) in [6.07, 6.45) is 5.45. The Balaban J connectivity index is 1.42. The number of halogens is 2. The molecule has 2 aliphatic heterocycles. The number of urea groups is 1. The highest BCUT2D eigenvalue weighted by Crippen LogP contribution is 2.35. The zero-order valence-electron chi connectivity index (χ0n) is 13.4. The average molecular weight is 340 g/mol. The number of fused-ring (bicyclic) bond motifs is 1. The Kier molecular flexibility index (Phi) is 5.50. The van der Waals surface area contributed by atoms with Crippen molar-refractivity contribution in [2.24, 2.45) is 0 Å². The van der Waals surface area contributed by atoms with E-state index in [2.05, 4.69) is 10.6 Å². The Morgan fingerprint density at radius 2 is 2.17 bits per heavy atom. The summed E-state index contributed by atoms with van der Waals surface area (Å²) in [5.41, 5.74) is 0.196. The summed E-state index contributed by atoms with van der Waals surface area (Å²) < 4.78 is 37.9. The maximum atomic E-state index is 13.9. The summed E-state index contributed by atoms with van der Waals surface area (Å²) >= 11 is 0. The van der Waals surface area contributed by atoms with Gasteiger partial charge < -0.3 is 20.1 Å². The second kappa shape index (κ2) is 7.79. The molecule has 1 saturated heterocycles. The molecule has 1 aromatic rings. The number of hydrogen-bond acceptors (Lipinski definition) is 3. The van der Waals surface area contributed by atoms with Gasteiger partial charge in [0.15, 0.2) is 0 Å². The van der Waals surface area contributed by atoms with Gasteiger partial charge in [0.1, 0.15) is 24.0 Å². The summed E-state index contributed by atoms with van der Waals surface area (Å²) in [5, 5.41) is 5.42. The molecule has 2 aliphatic rings. The Bertz CT molecular complexity index is 591. The molecule has 1 aromatic carbocycles. The maximum absolute atomic E-state index is 13.9. The number of carbonyl (C=O) groups excluding carboxylic acids is 1. The van der Waals surface area contributed by atoms with Crippen molar-refractivity contribution in [3.05, 3.63) is 29.3 Å². The maximum Gasteiger partial charge on any atom is 0.315 e. The average Bonchev–Trinajstić information content (AvgIpc) is 2.95. The van der Waals surface area contributed by atoms with E-state index in [9.17, 15) is 13.6 Å². The molecule has 2 atom stereocenters. The third-order valence-corrected chi connectivity index (χ3v) is 4.38. The molecule has 0 aliphatic carbocycles. The first-order chi connectivity index (χ1) is 11.6. The molecular weight excluding hydrogens is 318 g/mol. The standard InChI is InChI=1S/C17H22F2N2O3/c18-11-8-13(19)16-14(10-24-15(16)9-11)21-17(22)20-6-3-5-12-4-1-2-7-23-12/h8-9,12,14H,1-7,10H2,(H2,20,21,22)/t12-,14+/m0/s1. The van der Waals surface area contributed by atoms with Gasteiger partial charge in [0.25, 0.3) is 0 Å². The molecule has 24 heavy (non-hydrogen) atoms. The van der Waals surface area contributed by atoms with Gasteiger partial charge in [-0.05, 0) is 32.1 Å². The molecule has 0 spiro atoms. The van der Waals surface area contributed by atoms with E-state index in [4.69, 9.17) is 9.47 Å². The van der Waals surface area contributed by atoms with Crippen LogP contribution in [0.5, 0.6) is 5.75 Å². The van der Waals surface area contributed by atoms with Crippen LogP contribution in [-0.4, -0.2) is 31.9 Å². The number of ether oxygens (including phenoxy) is 2. The summed E-state index contributed by atoms with van der Waals surface area (Å²) in [4.78, 5) is 11.9. The third-order valence-electron chi connectivity index (χ3n) is 4.38. The summed E-state index contributed by atoms with van der Waals surface area (Å²) in [6.45, 7) is 1.45. The van der Waals surface area contributed by atoms with Gasteiger partial charge >= 0.3 is 6.03 Å². The highest BCUT2D eigenvalue weighted by atomic mass is 19.1. The molecule has 5 nitrogen and oxygen atoms in total. The van der Waals surface area contributed by atoms with Crippen LogP contribution in [0.3, 0.4) is 0 Å². The molecule has 0 radical (unpaired) electrons. The molecule has 2 heterocycles. The van der Waals surface area contributed by atoms with Gasteiger partial charge in [0.05, 0.1) is 17.7 Å². The fourth-order valence-corrected chi connectivity index (χ4v) is 3.17. The van der Waals surface area contributed by atoms with Crippen LogP contribution in [-0.2, 0) is 4.74 Å². The van der Waals surface area contributed by atoms with E-state index in [-0.39, 0.29) is 24.0 Å². The van der Waals surface area contributed by atoms with Crippen LogP contribution in [0.4, 0.5) is 13.6 Å². The Morgan fingerprint density at radius 3 is 2.96 bits per heavy atom. The molecule has 1 fully saturated rings. The van der Waals surface area contributed by atoms with Crippen molar-refractivity contribution in [1.29, 1.82) is 0 Å². The van der Waals surface area contributed by atoms with Gasteiger partial charge in [0, 0.05) is 25.3 Å². The Hall–Kier alpha value is -1.89. The van der Waals surface area contributed by atoms with Gasteiger partial charge in [-0.15, -0.1) is 0 Å². The fourth-order valence-electron chi connectivity index (χ4n) is 3.17. The van der Waals surface area contributed by atoms with Crippen molar-refractivity contribution in [1.82, 2.24) is 10.6 Å². The summed E-state index contributed by atoms with van der Waals surface area (Å²) in [6, 6.07) is 0.930. The van der Waals surface area contributed by atoms with E-state index in [1.54, 1.807) is 0 Å². The smallest absolute Gasteiger partial charge is 0.315 e. The van der Waals surface area contributed by atoms with E-state index in [1.165, 1.54) is 6.42 Å². The lowest BCUT2D eigenvalue weighted by atomic mass is 10.0. The van der Waals surface area contributed by atoms with Crippen molar-refractivity contribution in [2.75, 3.05) is 19.8 Å². The van der Waals surface area contributed by atoms with Gasteiger partial charge in [-0.3, -0.25) is 0 Å². The predicted octanol–water partition coefficient (Wildman–Crippen LogP) is 3.05. The number of benzene rings is 1. The topological polar surface area (TPSA) is 59.6 Å². The second-order valence-corrected chi connectivity index (χ2v) is 6.19. The van der Waals surface area contributed by atoms with Crippen LogP contribution >= 0.6 is 0 Å². The van der Waals surface area contributed by atoms with E-state index >= 15 is 0 Å². The molecule has 3 rings (SSSR count). The van der Waals surface area contributed by atoms with Gasteiger partial charge in [-0.2, -0.15) is 0 Å². The molecule has 0 aromatic heterocycles. The van der Waals surface area contributed by atoms with Crippen LogP contribution in [0.25, 0.3) is 0 Å². The first-order valence-electron chi connectivity index (χ1n) is 8.41. The Morgan fingerprint density at radius 1 is 1.29 bits per heavy atom. The number of rotatable bonds is 5. The van der Waals surface area contributed by atoms with Crippen molar-refractivity contribution < 1.29 is 23.0 Å². The van der Waals surface area contributed by atoms with Crippen LogP contribution in [0.1, 0.15) is 43.7 Å². The lowest BCUT2D eigenvalue weighted by molar-refractivity contribution is 0.0103. The van der Waals surface area contributed by atoms with Gasteiger partial charge in [0.2, 0.25) is 0 Å². The molecular formula is C17H22F2N2O3. The minimum absolute atomic E-state index is 0.0963. The number of hydrogen-bond donors (Lipinski definition) is 2. The second-order valence-electron chi connectivity index (χ2n) is 6.19. The van der Waals surface area contributed by atoms with Crippen LogP contribution in [0.2, 0.25) is 0 Å². The van der Waals surface area contributed by atoms with Crippen LogP contribution in [0.15, 0.2) is 12.1 Å². The number of amides is 2. The molecule has 0 unspecified atom stereocenters. The molecule has 2 N–H and O–H groups in total. The Labute approximate surface area is 139 Å². The highest BCUT2D eigenvalue weighted by molar-refractivity contribution is 5.74. The lowest BCUT2D eigenvalue weighted by Gasteiger charge is -2.22.